The third-order valence-corrected chi connectivity index (χ3v) is 4.68. The molecule has 134 valence electrons. The molecule has 3 rings (SSSR count). The van der Waals surface area contributed by atoms with Crippen LogP contribution in [-0.2, 0) is 16.9 Å². The van der Waals surface area contributed by atoms with Gasteiger partial charge in [-0.1, -0.05) is 35.5 Å². The van der Waals surface area contributed by atoms with Crippen molar-refractivity contribution in [2.45, 2.75) is 51.6 Å². The molecule has 1 aliphatic heterocycles. The molecule has 25 heavy (non-hydrogen) atoms. The van der Waals surface area contributed by atoms with E-state index in [2.05, 4.69) is 44.6 Å². The summed E-state index contributed by atoms with van der Waals surface area (Å²) in [4.78, 5) is 18.3. The predicted molar refractivity (Wildman–Crippen MR) is 94.8 cm³/mol. The van der Waals surface area contributed by atoms with Crippen molar-refractivity contribution in [2.75, 3.05) is 13.1 Å². The van der Waals surface area contributed by atoms with Crippen molar-refractivity contribution in [3.8, 4) is 0 Å². The van der Waals surface area contributed by atoms with E-state index in [9.17, 15) is 4.79 Å². The maximum atomic E-state index is 11.3. The van der Waals surface area contributed by atoms with Crippen LogP contribution in [0, 0.1) is 0 Å². The van der Waals surface area contributed by atoms with Gasteiger partial charge in [0.2, 0.25) is 11.8 Å². The maximum Gasteiger partial charge on any atom is 0.229 e. The molecule has 6 heteroatoms. The number of rotatable bonds is 5. The van der Waals surface area contributed by atoms with Crippen LogP contribution in [0.2, 0.25) is 0 Å². The van der Waals surface area contributed by atoms with Crippen molar-refractivity contribution in [3.05, 3.63) is 47.6 Å². The lowest BCUT2D eigenvalue weighted by molar-refractivity contribution is -0.120. The molecular weight excluding hydrogens is 316 g/mol. The normalized spacial score (nSPS) is 16.8. The summed E-state index contributed by atoms with van der Waals surface area (Å²) in [6.07, 6.45) is 2.02. The monoisotopic (exact) mass is 342 g/mol. The van der Waals surface area contributed by atoms with Gasteiger partial charge in [0, 0.05) is 19.4 Å². The average Bonchev–Trinajstić information content (AvgIpc) is 3.06. The summed E-state index contributed by atoms with van der Waals surface area (Å²) in [5.41, 5.74) is 0.722. The number of likely N-dealkylation sites (tertiary alicyclic amines) is 1. The first-order valence-electron chi connectivity index (χ1n) is 8.83. The average molecular weight is 342 g/mol. The van der Waals surface area contributed by atoms with Crippen molar-refractivity contribution in [2.24, 2.45) is 0 Å². The highest BCUT2D eigenvalue weighted by molar-refractivity contribution is 5.73. The number of nitrogens with one attached hydrogen (secondary N) is 1. The van der Waals surface area contributed by atoms with Crippen molar-refractivity contribution in [1.82, 2.24) is 20.4 Å². The zero-order valence-corrected chi connectivity index (χ0v) is 15.2. The quantitative estimate of drug-likeness (QED) is 0.905. The van der Waals surface area contributed by atoms with E-state index in [1.54, 1.807) is 0 Å². The fourth-order valence-corrected chi connectivity index (χ4v) is 3.33. The summed E-state index contributed by atoms with van der Waals surface area (Å²) in [5, 5.41) is 6.94. The fraction of sp³-hybridized carbons (Fsp3) is 0.526. The van der Waals surface area contributed by atoms with Gasteiger partial charge in [-0.05, 0) is 45.3 Å². The second-order valence-corrected chi connectivity index (χ2v) is 7.30. The number of nitrogens with zero attached hydrogens (tertiary/aromatic N) is 3. The molecule has 1 aromatic heterocycles. The molecule has 0 atom stereocenters. The summed E-state index contributed by atoms with van der Waals surface area (Å²) in [7, 11) is 0. The lowest BCUT2D eigenvalue weighted by Gasteiger charge is -2.30. The van der Waals surface area contributed by atoms with Crippen LogP contribution in [0.4, 0.5) is 0 Å². The molecule has 0 bridgehead atoms. The van der Waals surface area contributed by atoms with Crippen LogP contribution in [0.25, 0.3) is 0 Å². The van der Waals surface area contributed by atoms with E-state index in [0.29, 0.717) is 17.6 Å². The minimum Gasteiger partial charge on any atom is -0.344 e. The summed E-state index contributed by atoms with van der Waals surface area (Å²) in [6.45, 7) is 8.28. The number of carbonyl (C=O) groups is 1. The summed E-state index contributed by atoms with van der Waals surface area (Å²) < 4.78 is 5.49. The Bertz CT molecular complexity index is 703. The van der Waals surface area contributed by atoms with E-state index in [0.717, 1.165) is 32.5 Å². The molecule has 0 aliphatic carbocycles. The fourth-order valence-electron chi connectivity index (χ4n) is 3.33. The van der Waals surface area contributed by atoms with E-state index in [1.165, 1.54) is 12.5 Å². The van der Waals surface area contributed by atoms with Gasteiger partial charge < -0.3 is 9.84 Å². The molecule has 1 amide bonds. The number of amides is 1. The first-order valence-corrected chi connectivity index (χ1v) is 8.83. The minimum absolute atomic E-state index is 0.106. The van der Waals surface area contributed by atoms with E-state index < -0.39 is 5.54 Å². The van der Waals surface area contributed by atoms with Gasteiger partial charge in [0.1, 0.15) is 0 Å². The number of hydrogen-bond donors (Lipinski definition) is 1. The molecule has 6 nitrogen and oxygen atoms in total. The SMILES string of the molecule is CC(=O)NC(C)(C)c1noc(C2CCN(Cc3ccccc3)CC2)n1. The first-order chi connectivity index (χ1) is 11.9. The van der Waals surface area contributed by atoms with E-state index in [4.69, 9.17) is 4.52 Å². The lowest BCUT2D eigenvalue weighted by Crippen LogP contribution is -2.40. The van der Waals surface area contributed by atoms with Crippen LogP contribution in [0.1, 0.15) is 56.8 Å². The largest absolute Gasteiger partial charge is 0.344 e. The summed E-state index contributed by atoms with van der Waals surface area (Å²) in [5.74, 6) is 1.41. The number of piperidine rings is 1. The van der Waals surface area contributed by atoms with Gasteiger partial charge in [-0.25, -0.2) is 0 Å². The molecule has 1 saturated heterocycles. The van der Waals surface area contributed by atoms with Crippen LogP contribution in [0.5, 0.6) is 0 Å². The van der Waals surface area contributed by atoms with Crippen LogP contribution < -0.4 is 5.32 Å². The highest BCUT2D eigenvalue weighted by Crippen LogP contribution is 2.29. The molecule has 1 aromatic carbocycles. The van der Waals surface area contributed by atoms with E-state index in [1.807, 2.05) is 19.9 Å². The van der Waals surface area contributed by atoms with Crippen LogP contribution >= 0.6 is 0 Å². The lowest BCUT2D eigenvalue weighted by atomic mass is 9.96. The number of benzene rings is 1. The highest BCUT2D eigenvalue weighted by Gasteiger charge is 2.31. The molecule has 0 unspecified atom stereocenters. The molecule has 0 saturated carbocycles. The minimum atomic E-state index is -0.623. The zero-order chi connectivity index (χ0) is 17.9. The Balaban J connectivity index is 1.57. The van der Waals surface area contributed by atoms with Gasteiger partial charge in [0.05, 0.1) is 5.54 Å². The number of carbonyl (C=O) groups excluding carboxylic acids is 1. The van der Waals surface area contributed by atoms with Crippen molar-refractivity contribution >= 4 is 5.91 Å². The van der Waals surface area contributed by atoms with Gasteiger partial charge >= 0.3 is 0 Å². The second-order valence-electron chi connectivity index (χ2n) is 7.30. The Morgan fingerprint density at radius 2 is 1.96 bits per heavy atom. The third-order valence-electron chi connectivity index (χ3n) is 4.68. The molecule has 2 aromatic rings. The van der Waals surface area contributed by atoms with Gasteiger partial charge in [-0.15, -0.1) is 0 Å². The van der Waals surface area contributed by atoms with Gasteiger partial charge in [-0.3, -0.25) is 9.69 Å². The van der Waals surface area contributed by atoms with Gasteiger partial charge in [0.15, 0.2) is 5.82 Å². The maximum absolute atomic E-state index is 11.3. The Kier molecular flexibility index (Phi) is 5.18. The molecule has 1 fully saturated rings. The van der Waals surface area contributed by atoms with Crippen molar-refractivity contribution in [1.29, 1.82) is 0 Å². The molecular formula is C19H26N4O2. The van der Waals surface area contributed by atoms with Crippen LogP contribution in [0.3, 0.4) is 0 Å². The standard InChI is InChI=1S/C19H26N4O2/c1-14(24)21-19(2,3)18-20-17(25-22-18)16-9-11-23(12-10-16)13-15-7-5-4-6-8-15/h4-8,16H,9-13H2,1-3H3,(H,21,24). The van der Waals surface area contributed by atoms with Crippen LogP contribution in [-0.4, -0.2) is 34.0 Å². The second kappa shape index (κ2) is 7.35. The first kappa shape index (κ1) is 17.6. The molecule has 2 heterocycles. The topological polar surface area (TPSA) is 71.3 Å². The summed E-state index contributed by atoms with van der Waals surface area (Å²) >= 11 is 0. The number of hydrogen-bond acceptors (Lipinski definition) is 5. The van der Waals surface area contributed by atoms with Gasteiger partial charge in [0.25, 0.3) is 0 Å². The van der Waals surface area contributed by atoms with Gasteiger partial charge in [-0.2, -0.15) is 4.98 Å². The Hall–Kier alpha value is -2.21. The van der Waals surface area contributed by atoms with E-state index >= 15 is 0 Å². The van der Waals surface area contributed by atoms with Crippen molar-refractivity contribution < 1.29 is 9.32 Å². The molecule has 0 spiro atoms. The van der Waals surface area contributed by atoms with Crippen LogP contribution in [0.15, 0.2) is 34.9 Å². The molecule has 1 aliphatic rings. The summed E-state index contributed by atoms with van der Waals surface area (Å²) in [6, 6.07) is 10.5. The Labute approximate surface area is 148 Å². The zero-order valence-electron chi connectivity index (χ0n) is 15.2. The Morgan fingerprint density at radius 3 is 2.60 bits per heavy atom. The highest BCUT2D eigenvalue weighted by atomic mass is 16.5. The van der Waals surface area contributed by atoms with Crippen molar-refractivity contribution in [3.63, 3.8) is 0 Å². The number of aromatic nitrogens is 2. The predicted octanol–water partition coefficient (Wildman–Crippen LogP) is 2.82. The smallest absolute Gasteiger partial charge is 0.229 e. The molecule has 1 N–H and O–H groups in total. The third kappa shape index (κ3) is 4.45. The molecule has 0 radical (unpaired) electrons. The van der Waals surface area contributed by atoms with E-state index in [-0.39, 0.29) is 5.91 Å². The Morgan fingerprint density at radius 1 is 1.28 bits per heavy atom.